The van der Waals surface area contributed by atoms with Crippen molar-refractivity contribution in [3.63, 3.8) is 0 Å². The summed E-state index contributed by atoms with van der Waals surface area (Å²) in [5, 5.41) is 3.59. The zero-order valence-corrected chi connectivity index (χ0v) is 12.1. The predicted octanol–water partition coefficient (Wildman–Crippen LogP) is 4.20. The van der Waals surface area contributed by atoms with Gasteiger partial charge in [0.2, 0.25) is 0 Å². The van der Waals surface area contributed by atoms with E-state index in [1.807, 2.05) is 0 Å². The second-order valence-corrected chi connectivity index (χ2v) is 5.21. The first kappa shape index (κ1) is 13.8. The summed E-state index contributed by atoms with van der Waals surface area (Å²) >= 11 is 0. The number of hydrogen-bond donors (Lipinski definition) is 1. The zero-order valence-electron chi connectivity index (χ0n) is 12.1. The van der Waals surface area contributed by atoms with E-state index in [9.17, 15) is 0 Å². The van der Waals surface area contributed by atoms with Gasteiger partial charge in [-0.2, -0.15) is 0 Å². The van der Waals surface area contributed by atoms with E-state index >= 15 is 0 Å². The van der Waals surface area contributed by atoms with Crippen LogP contribution in [0.1, 0.15) is 35.2 Å². The van der Waals surface area contributed by atoms with E-state index < -0.39 is 0 Å². The molecule has 0 saturated carbocycles. The van der Waals surface area contributed by atoms with Crippen molar-refractivity contribution >= 4 is 0 Å². The average molecular weight is 253 g/mol. The lowest BCUT2D eigenvalue weighted by Crippen LogP contribution is -2.23. The molecule has 0 amide bonds. The number of rotatable bonds is 5. The van der Waals surface area contributed by atoms with Crippen molar-refractivity contribution in [3.05, 3.63) is 70.8 Å². The largest absolute Gasteiger partial charge is 0.310 e. The Balaban J connectivity index is 2.18. The van der Waals surface area contributed by atoms with Gasteiger partial charge in [0.15, 0.2) is 0 Å². The summed E-state index contributed by atoms with van der Waals surface area (Å²) in [6.07, 6.45) is 1.04. The monoisotopic (exact) mass is 253 g/mol. The van der Waals surface area contributed by atoms with Gasteiger partial charge in [0.25, 0.3) is 0 Å². The molecule has 2 aromatic rings. The van der Waals surface area contributed by atoms with Gasteiger partial charge in [-0.3, -0.25) is 0 Å². The maximum Gasteiger partial charge on any atom is 0.0360 e. The molecular weight excluding hydrogens is 230 g/mol. The molecule has 1 atom stereocenters. The Kier molecular flexibility index (Phi) is 4.75. The van der Waals surface area contributed by atoms with Crippen molar-refractivity contribution in [1.29, 1.82) is 0 Å². The summed E-state index contributed by atoms with van der Waals surface area (Å²) in [7, 11) is 0. The van der Waals surface area contributed by atoms with Crippen LogP contribution in [0.3, 0.4) is 0 Å². The number of benzene rings is 2. The average Bonchev–Trinajstić information content (AvgIpc) is 2.41. The molecule has 0 aromatic heterocycles. The summed E-state index contributed by atoms with van der Waals surface area (Å²) in [5.74, 6) is 0. The topological polar surface area (TPSA) is 12.0 Å². The van der Waals surface area contributed by atoms with Crippen LogP contribution < -0.4 is 5.32 Å². The van der Waals surface area contributed by atoms with Gasteiger partial charge in [0.05, 0.1) is 0 Å². The lowest BCUT2D eigenvalue weighted by atomic mass is 9.97. The van der Waals surface area contributed by atoms with E-state index in [-0.39, 0.29) is 0 Å². The molecule has 1 nitrogen and oxygen atoms in total. The summed E-state index contributed by atoms with van der Waals surface area (Å²) in [6.45, 7) is 7.44. The van der Waals surface area contributed by atoms with Crippen LogP contribution in [0, 0.1) is 13.8 Å². The van der Waals surface area contributed by atoms with Crippen LogP contribution in [0.25, 0.3) is 0 Å². The maximum atomic E-state index is 3.59. The van der Waals surface area contributed by atoms with Crippen molar-refractivity contribution in [3.8, 4) is 0 Å². The molecule has 2 rings (SSSR count). The van der Waals surface area contributed by atoms with E-state index in [2.05, 4.69) is 74.6 Å². The summed E-state index contributed by atoms with van der Waals surface area (Å²) < 4.78 is 0. The van der Waals surface area contributed by atoms with Crippen molar-refractivity contribution in [1.82, 2.24) is 5.32 Å². The molecule has 0 aliphatic rings. The smallest absolute Gasteiger partial charge is 0.0360 e. The SMILES string of the molecule is CCNC(Cc1ccc(C)cc1)c1cccc(C)c1. The number of hydrogen-bond acceptors (Lipinski definition) is 1. The number of nitrogens with one attached hydrogen (secondary N) is 1. The highest BCUT2D eigenvalue weighted by molar-refractivity contribution is 5.28. The third-order valence-electron chi connectivity index (χ3n) is 3.46. The molecule has 0 aliphatic heterocycles. The van der Waals surface area contributed by atoms with Gasteiger partial charge >= 0.3 is 0 Å². The van der Waals surface area contributed by atoms with E-state index in [0.29, 0.717) is 6.04 Å². The van der Waals surface area contributed by atoms with Crippen LogP contribution in [0.15, 0.2) is 48.5 Å². The first-order valence-corrected chi connectivity index (χ1v) is 7.04. The molecule has 1 unspecified atom stereocenters. The summed E-state index contributed by atoms with van der Waals surface area (Å²) in [6, 6.07) is 18.0. The minimum absolute atomic E-state index is 0.396. The molecule has 0 fully saturated rings. The van der Waals surface area contributed by atoms with Gasteiger partial charge in [-0.05, 0) is 37.9 Å². The molecule has 19 heavy (non-hydrogen) atoms. The Morgan fingerprint density at radius 2 is 1.68 bits per heavy atom. The second kappa shape index (κ2) is 6.53. The van der Waals surface area contributed by atoms with Gasteiger partial charge in [-0.15, -0.1) is 0 Å². The Morgan fingerprint density at radius 1 is 0.947 bits per heavy atom. The quantitative estimate of drug-likeness (QED) is 0.842. The fraction of sp³-hybridized carbons (Fsp3) is 0.333. The van der Waals surface area contributed by atoms with Crippen LogP contribution >= 0.6 is 0 Å². The standard InChI is InChI=1S/C18H23N/c1-4-19-18(17-7-5-6-15(3)12-17)13-16-10-8-14(2)9-11-16/h5-12,18-19H,4,13H2,1-3H3. The first-order chi connectivity index (χ1) is 9.19. The highest BCUT2D eigenvalue weighted by atomic mass is 14.9. The maximum absolute atomic E-state index is 3.59. The predicted molar refractivity (Wildman–Crippen MR) is 82.5 cm³/mol. The summed E-state index contributed by atoms with van der Waals surface area (Å²) in [4.78, 5) is 0. The lowest BCUT2D eigenvalue weighted by molar-refractivity contribution is 0.549. The zero-order chi connectivity index (χ0) is 13.7. The highest BCUT2D eigenvalue weighted by Crippen LogP contribution is 2.19. The number of aryl methyl sites for hydroxylation is 2. The number of likely N-dealkylation sites (N-methyl/N-ethyl adjacent to an activating group) is 1. The molecule has 1 N–H and O–H groups in total. The van der Waals surface area contributed by atoms with Gasteiger partial charge in [-0.1, -0.05) is 66.6 Å². The summed E-state index contributed by atoms with van der Waals surface area (Å²) in [5.41, 5.74) is 5.41. The van der Waals surface area contributed by atoms with Crippen LogP contribution in [0.4, 0.5) is 0 Å². The van der Waals surface area contributed by atoms with Crippen molar-refractivity contribution in [2.45, 2.75) is 33.2 Å². The first-order valence-electron chi connectivity index (χ1n) is 7.04. The van der Waals surface area contributed by atoms with Crippen LogP contribution in [-0.2, 0) is 6.42 Å². The van der Waals surface area contributed by atoms with Gasteiger partial charge in [0.1, 0.15) is 0 Å². The molecule has 0 aliphatic carbocycles. The molecular formula is C18H23N. The third-order valence-corrected chi connectivity index (χ3v) is 3.46. The molecule has 0 saturated heterocycles. The van der Waals surface area contributed by atoms with E-state index in [1.54, 1.807) is 0 Å². The van der Waals surface area contributed by atoms with Gasteiger partial charge in [0, 0.05) is 6.04 Å². The Bertz CT molecular complexity index is 513. The molecule has 100 valence electrons. The Hall–Kier alpha value is -1.60. The molecule has 1 heteroatoms. The van der Waals surface area contributed by atoms with E-state index in [4.69, 9.17) is 0 Å². The normalized spacial score (nSPS) is 12.4. The minimum atomic E-state index is 0.396. The Labute approximate surface area is 116 Å². The molecule has 0 spiro atoms. The highest BCUT2D eigenvalue weighted by Gasteiger charge is 2.11. The van der Waals surface area contributed by atoms with Gasteiger partial charge < -0.3 is 5.32 Å². The molecule has 2 aromatic carbocycles. The van der Waals surface area contributed by atoms with Crippen molar-refractivity contribution in [2.24, 2.45) is 0 Å². The van der Waals surface area contributed by atoms with E-state index in [0.717, 1.165) is 13.0 Å². The molecule has 0 radical (unpaired) electrons. The van der Waals surface area contributed by atoms with Gasteiger partial charge in [-0.25, -0.2) is 0 Å². The van der Waals surface area contributed by atoms with Crippen LogP contribution in [0.2, 0.25) is 0 Å². The minimum Gasteiger partial charge on any atom is -0.310 e. The fourth-order valence-electron chi connectivity index (χ4n) is 2.40. The van der Waals surface area contributed by atoms with Crippen molar-refractivity contribution in [2.75, 3.05) is 6.54 Å². The Morgan fingerprint density at radius 3 is 2.32 bits per heavy atom. The van der Waals surface area contributed by atoms with Crippen molar-refractivity contribution < 1.29 is 0 Å². The molecule has 0 heterocycles. The molecule has 0 bridgehead atoms. The van der Waals surface area contributed by atoms with Crippen LogP contribution in [0.5, 0.6) is 0 Å². The fourth-order valence-corrected chi connectivity index (χ4v) is 2.40. The van der Waals surface area contributed by atoms with Crippen LogP contribution in [-0.4, -0.2) is 6.54 Å². The lowest BCUT2D eigenvalue weighted by Gasteiger charge is -2.19. The second-order valence-electron chi connectivity index (χ2n) is 5.21. The third kappa shape index (κ3) is 3.93. The van der Waals surface area contributed by atoms with E-state index in [1.165, 1.54) is 22.3 Å².